The van der Waals surface area contributed by atoms with E-state index in [9.17, 15) is 9.59 Å². The van der Waals surface area contributed by atoms with Crippen LogP contribution in [0.3, 0.4) is 0 Å². The zero-order valence-corrected chi connectivity index (χ0v) is 18.3. The first-order valence-electron chi connectivity index (χ1n) is 10.6. The van der Waals surface area contributed by atoms with Gasteiger partial charge in [0.1, 0.15) is 0 Å². The average Bonchev–Trinajstić information content (AvgIpc) is 3.26. The van der Waals surface area contributed by atoms with Gasteiger partial charge in [-0.15, -0.1) is 0 Å². The lowest BCUT2D eigenvalue weighted by molar-refractivity contribution is -0.130. The van der Waals surface area contributed by atoms with E-state index in [0.29, 0.717) is 18.0 Å². The zero-order valence-electron chi connectivity index (χ0n) is 16.7. The summed E-state index contributed by atoms with van der Waals surface area (Å²) < 4.78 is 7.17. The quantitative estimate of drug-likeness (QED) is 0.481. The van der Waals surface area contributed by atoms with Crippen LogP contribution in [0.2, 0.25) is 0 Å². The Bertz CT molecular complexity index is 1090. The second-order valence-electron chi connectivity index (χ2n) is 8.89. The van der Waals surface area contributed by atoms with E-state index in [1.54, 1.807) is 0 Å². The molecule has 5 heteroatoms. The number of hydrogen-bond acceptors (Lipinski definition) is 3. The van der Waals surface area contributed by atoms with E-state index in [1.807, 2.05) is 42.5 Å². The van der Waals surface area contributed by atoms with Gasteiger partial charge in [-0.2, -0.15) is 0 Å². The van der Waals surface area contributed by atoms with Crippen molar-refractivity contribution in [2.75, 3.05) is 11.5 Å². The second-order valence-corrected chi connectivity index (χ2v) is 9.81. The number of fused-ring (bicyclic) bond motifs is 6. The topological polar surface area (TPSA) is 46.6 Å². The molecule has 2 amide bonds. The Hall–Kier alpha value is -2.24. The number of nitrogens with zero attached hydrogens (tertiary/aromatic N) is 1. The largest absolute Gasteiger partial charge is 0.376 e. The van der Waals surface area contributed by atoms with Gasteiger partial charge in [-0.1, -0.05) is 57.4 Å². The lowest BCUT2D eigenvalue weighted by atomic mass is 9.42. The molecule has 0 aromatic heterocycles. The van der Waals surface area contributed by atoms with Crippen LogP contribution in [0.5, 0.6) is 0 Å². The SMILES string of the molecule is CC1=C2[C@H]3CCO[C@H]3[C@]2(c2ccccc2)C2C(=O)N(c3ccc(Br)cc3)C(=O)[C@@H]2C1. The first-order chi connectivity index (χ1) is 14.5. The van der Waals surface area contributed by atoms with Gasteiger partial charge in [0.25, 0.3) is 0 Å². The van der Waals surface area contributed by atoms with Crippen molar-refractivity contribution >= 4 is 33.4 Å². The van der Waals surface area contributed by atoms with Gasteiger partial charge in [0, 0.05) is 17.0 Å². The summed E-state index contributed by atoms with van der Waals surface area (Å²) in [7, 11) is 0. The van der Waals surface area contributed by atoms with Crippen molar-refractivity contribution in [3.63, 3.8) is 0 Å². The fourth-order valence-electron chi connectivity index (χ4n) is 6.66. The molecule has 2 saturated heterocycles. The highest BCUT2D eigenvalue weighted by atomic mass is 79.9. The smallest absolute Gasteiger partial charge is 0.239 e. The highest BCUT2D eigenvalue weighted by Gasteiger charge is 2.73. The number of anilines is 1. The summed E-state index contributed by atoms with van der Waals surface area (Å²) in [5, 5.41) is 0. The summed E-state index contributed by atoms with van der Waals surface area (Å²) in [6.07, 6.45) is 1.64. The number of carbonyl (C=O) groups is 2. The molecule has 2 aromatic carbocycles. The molecule has 0 radical (unpaired) electrons. The van der Waals surface area contributed by atoms with Crippen LogP contribution in [0.1, 0.15) is 25.3 Å². The van der Waals surface area contributed by atoms with Crippen molar-refractivity contribution in [2.45, 2.75) is 31.3 Å². The third-order valence-electron chi connectivity index (χ3n) is 7.60. The van der Waals surface area contributed by atoms with Crippen LogP contribution in [-0.4, -0.2) is 24.5 Å². The molecule has 0 bridgehead atoms. The number of carbonyl (C=O) groups excluding carboxylic acids is 2. The van der Waals surface area contributed by atoms with Crippen molar-refractivity contribution in [2.24, 2.45) is 17.8 Å². The maximum absolute atomic E-state index is 13.9. The monoisotopic (exact) mass is 463 g/mol. The van der Waals surface area contributed by atoms with Gasteiger partial charge in [-0.25, -0.2) is 0 Å². The lowest BCUT2D eigenvalue weighted by Crippen LogP contribution is -2.65. The Kier molecular flexibility index (Phi) is 3.94. The Labute approximate surface area is 184 Å². The fourth-order valence-corrected chi connectivity index (χ4v) is 6.92. The van der Waals surface area contributed by atoms with Gasteiger partial charge in [0.05, 0.1) is 29.0 Å². The molecule has 6 rings (SSSR count). The van der Waals surface area contributed by atoms with Gasteiger partial charge in [-0.3, -0.25) is 14.5 Å². The van der Waals surface area contributed by atoms with Crippen molar-refractivity contribution in [1.29, 1.82) is 0 Å². The Morgan fingerprint density at radius 3 is 2.47 bits per heavy atom. The van der Waals surface area contributed by atoms with Crippen molar-refractivity contribution in [3.05, 3.63) is 75.8 Å². The number of halogens is 1. The maximum atomic E-state index is 13.9. The first kappa shape index (κ1) is 18.5. The van der Waals surface area contributed by atoms with Gasteiger partial charge < -0.3 is 4.74 Å². The van der Waals surface area contributed by atoms with Gasteiger partial charge >= 0.3 is 0 Å². The van der Waals surface area contributed by atoms with E-state index in [-0.39, 0.29) is 23.8 Å². The number of allylic oxidation sites excluding steroid dienone is 1. The fraction of sp³-hybridized carbons (Fsp3) is 0.360. The summed E-state index contributed by atoms with van der Waals surface area (Å²) in [5.74, 6) is -0.544. The van der Waals surface area contributed by atoms with Gasteiger partial charge in [0.15, 0.2) is 0 Å². The summed E-state index contributed by atoms with van der Waals surface area (Å²) in [6, 6.07) is 17.7. The Balaban J connectivity index is 1.54. The summed E-state index contributed by atoms with van der Waals surface area (Å²) in [4.78, 5) is 28.9. The van der Waals surface area contributed by atoms with E-state index < -0.39 is 11.3 Å². The number of hydrogen-bond donors (Lipinski definition) is 0. The molecule has 2 aliphatic heterocycles. The molecule has 152 valence electrons. The molecule has 2 aromatic rings. The molecule has 2 heterocycles. The van der Waals surface area contributed by atoms with E-state index in [1.165, 1.54) is 16.0 Å². The minimum Gasteiger partial charge on any atom is -0.376 e. The molecular formula is C25H22BrNO3. The van der Waals surface area contributed by atoms with E-state index in [0.717, 1.165) is 23.1 Å². The molecule has 3 fully saturated rings. The minimum absolute atomic E-state index is 0.0285. The highest BCUT2D eigenvalue weighted by Crippen LogP contribution is 2.68. The summed E-state index contributed by atoms with van der Waals surface area (Å²) in [5.41, 5.74) is 3.86. The molecule has 1 saturated carbocycles. The summed E-state index contributed by atoms with van der Waals surface area (Å²) in [6.45, 7) is 2.87. The van der Waals surface area contributed by atoms with E-state index >= 15 is 0 Å². The first-order valence-corrected chi connectivity index (χ1v) is 11.3. The summed E-state index contributed by atoms with van der Waals surface area (Å²) >= 11 is 3.44. The predicted molar refractivity (Wildman–Crippen MR) is 117 cm³/mol. The van der Waals surface area contributed by atoms with Crippen LogP contribution < -0.4 is 4.90 Å². The van der Waals surface area contributed by atoms with E-state index in [4.69, 9.17) is 4.74 Å². The molecule has 4 nitrogen and oxygen atoms in total. The molecular weight excluding hydrogens is 442 g/mol. The number of amides is 2. The normalized spacial score (nSPS) is 34.5. The van der Waals surface area contributed by atoms with Crippen LogP contribution in [0.25, 0.3) is 0 Å². The average molecular weight is 464 g/mol. The third kappa shape index (κ3) is 2.15. The Morgan fingerprint density at radius 1 is 1.00 bits per heavy atom. The molecule has 0 N–H and O–H groups in total. The molecule has 30 heavy (non-hydrogen) atoms. The highest BCUT2D eigenvalue weighted by molar-refractivity contribution is 9.10. The molecule has 0 spiro atoms. The van der Waals surface area contributed by atoms with Crippen LogP contribution in [0.15, 0.2) is 70.2 Å². The zero-order chi connectivity index (χ0) is 20.6. The minimum atomic E-state index is -0.522. The third-order valence-corrected chi connectivity index (χ3v) is 8.12. The van der Waals surface area contributed by atoms with Gasteiger partial charge in [-0.05, 0) is 49.6 Å². The number of rotatable bonds is 2. The maximum Gasteiger partial charge on any atom is 0.239 e. The van der Waals surface area contributed by atoms with E-state index in [2.05, 4.69) is 35.0 Å². The molecule has 4 aliphatic rings. The van der Waals surface area contributed by atoms with Crippen molar-refractivity contribution in [1.82, 2.24) is 0 Å². The van der Waals surface area contributed by atoms with Crippen LogP contribution in [-0.2, 0) is 19.7 Å². The number of benzene rings is 2. The standard InChI is InChI=1S/C25H22BrNO3/c1-14-13-19-21(24(29)27(23(19)28)17-9-7-16(26)8-10-17)25(15-5-3-2-4-6-15)20(14)18-11-12-30-22(18)25/h2-10,18-19,21-22H,11-13H2,1H3/t18-,19-,21?,22-,25+/m1/s1. The van der Waals surface area contributed by atoms with Crippen LogP contribution in [0.4, 0.5) is 5.69 Å². The molecule has 2 aliphatic carbocycles. The van der Waals surface area contributed by atoms with Crippen molar-refractivity contribution < 1.29 is 14.3 Å². The Morgan fingerprint density at radius 2 is 1.73 bits per heavy atom. The predicted octanol–water partition coefficient (Wildman–Crippen LogP) is 4.63. The van der Waals surface area contributed by atoms with Gasteiger partial charge in [0.2, 0.25) is 11.8 Å². The molecule has 1 unspecified atom stereocenters. The number of imide groups is 1. The number of ether oxygens (including phenoxy) is 1. The van der Waals surface area contributed by atoms with Crippen LogP contribution in [0, 0.1) is 17.8 Å². The van der Waals surface area contributed by atoms with Crippen LogP contribution >= 0.6 is 15.9 Å². The van der Waals surface area contributed by atoms with Crippen molar-refractivity contribution in [3.8, 4) is 0 Å². The lowest BCUT2D eigenvalue weighted by Gasteiger charge is -2.60. The molecule has 5 atom stereocenters. The second kappa shape index (κ2) is 6.38.